The normalized spacial score (nSPS) is 16.0. The molecule has 0 amide bonds. The second-order valence-corrected chi connectivity index (χ2v) is 4.09. The molecule has 1 saturated heterocycles. The fraction of sp³-hybridized carbons (Fsp3) is 0.583. The van der Waals surface area contributed by atoms with Gasteiger partial charge in [0.25, 0.3) is 0 Å². The first kappa shape index (κ1) is 15.7. The number of aromatic nitrogens is 1. The van der Waals surface area contributed by atoms with Gasteiger partial charge in [0.05, 0.1) is 0 Å². The van der Waals surface area contributed by atoms with Crippen LogP contribution in [0.3, 0.4) is 0 Å². The van der Waals surface area contributed by atoms with Crippen LogP contribution in [0.1, 0.15) is 24.8 Å². The first-order valence-electron chi connectivity index (χ1n) is 5.55. The zero-order valence-electron chi connectivity index (χ0n) is 9.39. The lowest BCUT2D eigenvalue weighted by Crippen LogP contribution is -2.27. The molecule has 1 N–H and O–H groups in total. The van der Waals surface area contributed by atoms with E-state index in [1.165, 1.54) is 44.3 Å². The molecule has 92 valence electrons. The topological polar surface area (TPSA) is 24.9 Å². The van der Waals surface area contributed by atoms with E-state index in [1.54, 1.807) is 0 Å². The molecule has 0 aliphatic carbocycles. The van der Waals surface area contributed by atoms with Crippen molar-refractivity contribution in [1.29, 1.82) is 0 Å². The maximum Gasteiger partial charge on any atom is 0.0270 e. The van der Waals surface area contributed by atoms with Gasteiger partial charge in [-0.15, -0.1) is 24.8 Å². The summed E-state index contributed by atoms with van der Waals surface area (Å²) in [7, 11) is 0. The van der Waals surface area contributed by atoms with Crippen LogP contribution in [0.15, 0.2) is 24.5 Å². The van der Waals surface area contributed by atoms with Crippen LogP contribution in [-0.2, 0) is 6.42 Å². The summed E-state index contributed by atoms with van der Waals surface area (Å²) in [6, 6.07) is 4.25. The Hall–Kier alpha value is -0.310. The molecule has 0 aromatic carbocycles. The summed E-state index contributed by atoms with van der Waals surface area (Å²) >= 11 is 0. The van der Waals surface area contributed by atoms with Crippen LogP contribution in [0.5, 0.6) is 0 Å². The van der Waals surface area contributed by atoms with Crippen LogP contribution in [0.25, 0.3) is 0 Å². The van der Waals surface area contributed by atoms with Gasteiger partial charge in [0.15, 0.2) is 0 Å². The number of rotatable bonds is 3. The van der Waals surface area contributed by atoms with Gasteiger partial charge in [-0.3, -0.25) is 4.98 Å². The van der Waals surface area contributed by atoms with E-state index in [0.717, 1.165) is 5.92 Å². The van der Waals surface area contributed by atoms with E-state index in [-0.39, 0.29) is 24.8 Å². The summed E-state index contributed by atoms with van der Waals surface area (Å²) in [6.45, 7) is 2.42. The lowest BCUT2D eigenvalue weighted by molar-refractivity contribution is 0.354. The molecule has 0 spiro atoms. The lowest BCUT2D eigenvalue weighted by Gasteiger charge is -2.22. The van der Waals surface area contributed by atoms with Crippen molar-refractivity contribution < 1.29 is 0 Å². The highest BCUT2D eigenvalue weighted by atomic mass is 35.5. The molecule has 1 aliphatic heterocycles. The third-order valence-electron chi connectivity index (χ3n) is 3.05. The van der Waals surface area contributed by atoms with Crippen LogP contribution in [0, 0.1) is 5.92 Å². The smallest absolute Gasteiger partial charge is 0.0270 e. The second kappa shape index (κ2) is 8.80. The molecule has 1 fully saturated rings. The number of nitrogens with zero attached hydrogens (tertiary/aromatic N) is 1. The van der Waals surface area contributed by atoms with Crippen molar-refractivity contribution in [2.75, 3.05) is 13.1 Å². The summed E-state index contributed by atoms with van der Waals surface area (Å²) < 4.78 is 0. The molecule has 0 atom stereocenters. The molecule has 0 bridgehead atoms. The summed E-state index contributed by atoms with van der Waals surface area (Å²) in [6.07, 6.45) is 9.03. The van der Waals surface area contributed by atoms with Crippen molar-refractivity contribution in [1.82, 2.24) is 10.3 Å². The van der Waals surface area contributed by atoms with E-state index < -0.39 is 0 Å². The van der Waals surface area contributed by atoms with Crippen molar-refractivity contribution >= 4 is 24.8 Å². The molecule has 2 heterocycles. The van der Waals surface area contributed by atoms with Gasteiger partial charge in [0, 0.05) is 12.4 Å². The monoisotopic (exact) mass is 262 g/mol. The lowest BCUT2D eigenvalue weighted by atomic mass is 9.92. The predicted molar refractivity (Wildman–Crippen MR) is 72.6 cm³/mol. The summed E-state index contributed by atoms with van der Waals surface area (Å²) in [5.74, 6) is 0.935. The molecular weight excluding hydrogens is 243 g/mol. The zero-order valence-corrected chi connectivity index (χ0v) is 11.0. The fourth-order valence-electron chi connectivity index (χ4n) is 2.09. The third-order valence-corrected chi connectivity index (χ3v) is 3.05. The quantitative estimate of drug-likeness (QED) is 0.907. The molecular formula is C12H20Cl2N2. The molecule has 0 radical (unpaired) electrons. The Balaban J connectivity index is 0.00000112. The van der Waals surface area contributed by atoms with Gasteiger partial charge in [0.2, 0.25) is 0 Å². The Bertz CT molecular complexity index is 261. The van der Waals surface area contributed by atoms with E-state index in [0.29, 0.717) is 0 Å². The highest BCUT2D eigenvalue weighted by Crippen LogP contribution is 2.18. The second-order valence-electron chi connectivity index (χ2n) is 4.09. The SMILES string of the molecule is Cl.Cl.c1cc(CCC2CCNCC2)ccn1. The standard InChI is InChI=1S/C12H18N2.2ClH/c1(11-3-7-13-8-4-11)2-12-5-9-14-10-6-12;;/h3-4,7-8,12,14H,1-2,5-6,9-10H2;2*1H. The van der Waals surface area contributed by atoms with Crippen LogP contribution in [0.2, 0.25) is 0 Å². The maximum atomic E-state index is 4.03. The summed E-state index contributed by atoms with van der Waals surface area (Å²) in [5, 5.41) is 3.40. The molecule has 2 rings (SSSR count). The van der Waals surface area contributed by atoms with E-state index >= 15 is 0 Å². The minimum atomic E-state index is 0. The van der Waals surface area contributed by atoms with Crippen molar-refractivity contribution in [3.63, 3.8) is 0 Å². The van der Waals surface area contributed by atoms with Gasteiger partial charge in [-0.05, 0) is 62.4 Å². The number of hydrogen-bond donors (Lipinski definition) is 1. The molecule has 2 nitrogen and oxygen atoms in total. The minimum Gasteiger partial charge on any atom is -0.317 e. The Morgan fingerprint density at radius 3 is 2.38 bits per heavy atom. The number of aryl methyl sites for hydroxylation is 1. The van der Waals surface area contributed by atoms with Gasteiger partial charge < -0.3 is 5.32 Å². The molecule has 4 heteroatoms. The number of pyridine rings is 1. The number of nitrogens with one attached hydrogen (secondary N) is 1. The summed E-state index contributed by atoms with van der Waals surface area (Å²) in [4.78, 5) is 4.03. The average molecular weight is 263 g/mol. The maximum absolute atomic E-state index is 4.03. The van der Waals surface area contributed by atoms with Crippen molar-refractivity contribution in [3.05, 3.63) is 30.1 Å². The van der Waals surface area contributed by atoms with Crippen LogP contribution in [-0.4, -0.2) is 18.1 Å². The Kier molecular flexibility index (Phi) is 8.63. The Morgan fingerprint density at radius 2 is 1.75 bits per heavy atom. The van der Waals surface area contributed by atoms with Crippen molar-refractivity contribution in [2.45, 2.75) is 25.7 Å². The predicted octanol–water partition coefficient (Wildman–Crippen LogP) is 2.86. The Labute approximate surface area is 110 Å². The van der Waals surface area contributed by atoms with Crippen molar-refractivity contribution in [3.8, 4) is 0 Å². The van der Waals surface area contributed by atoms with Gasteiger partial charge in [-0.25, -0.2) is 0 Å². The van der Waals surface area contributed by atoms with E-state index in [9.17, 15) is 0 Å². The zero-order chi connectivity index (χ0) is 9.64. The average Bonchev–Trinajstić information content (AvgIpc) is 2.29. The highest BCUT2D eigenvalue weighted by molar-refractivity contribution is 5.85. The van der Waals surface area contributed by atoms with E-state index in [4.69, 9.17) is 0 Å². The highest BCUT2D eigenvalue weighted by Gasteiger charge is 2.12. The largest absolute Gasteiger partial charge is 0.317 e. The molecule has 1 aliphatic rings. The number of piperidine rings is 1. The minimum absolute atomic E-state index is 0. The first-order valence-corrected chi connectivity index (χ1v) is 5.55. The van der Waals surface area contributed by atoms with Gasteiger partial charge in [-0.2, -0.15) is 0 Å². The van der Waals surface area contributed by atoms with Gasteiger partial charge in [0.1, 0.15) is 0 Å². The molecule has 16 heavy (non-hydrogen) atoms. The van der Waals surface area contributed by atoms with Gasteiger partial charge >= 0.3 is 0 Å². The Morgan fingerprint density at radius 1 is 1.12 bits per heavy atom. The van der Waals surface area contributed by atoms with E-state index in [1.807, 2.05) is 12.4 Å². The van der Waals surface area contributed by atoms with Gasteiger partial charge in [-0.1, -0.05) is 0 Å². The fourth-order valence-corrected chi connectivity index (χ4v) is 2.09. The van der Waals surface area contributed by atoms with Crippen LogP contribution < -0.4 is 5.32 Å². The molecule has 1 aromatic rings. The van der Waals surface area contributed by atoms with Crippen LogP contribution >= 0.6 is 24.8 Å². The van der Waals surface area contributed by atoms with Crippen LogP contribution in [0.4, 0.5) is 0 Å². The molecule has 0 saturated carbocycles. The first-order chi connectivity index (χ1) is 6.95. The number of hydrogen-bond acceptors (Lipinski definition) is 2. The van der Waals surface area contributed by atoms with Crippen molar-refractivity contribution in [2.24, 2.45) is 5.92 Å². The summed E-state index contributed by atoms with van der Waals surface area (Å²) in [5.41, 5.74) is 1.43. The molecule has 0 unspecified atom stereocenters. The number of halogens is 2. The van der Waals surface area contributed by atoms with E-state index in [2.05, 4.69) is 22.4 Å². The molecule has 1 aromatic heterocycles. The third kappa shape index (κ3) is 5.15.